The van der Waals surface area contributed by atoms with Gasteiger partial charge in [0.15, 0.2) is 11.5 Å². The number of aromatic hydroxyl groups is 1. The van der Waals surface area contributed by atoms with Gasteiger partial charge in [-0.25, -0.2) is 4.98 Å². The van der Waals surface area contributed by atoms with Gasteiger partial charge in [-0.05, 0) is 42.5 Å². The standard InChI is InChI=1S/C27H33N5O7/c1-14-11-19(34)22(20-7-10-39-20)32-25(36)15(2)24(35)17(12-16-5-3-8-28-13-16)30-26(37)21(14)31-27(38)23-18(33)6-4-9-29-23/h3-6,8-9,13-15,17,20-22,24,33,35H,7,10-12H2,1-2H3,(H,30,37)(H,31,38)(H,32,36)/t14-,15+,17-,20?,21-,22?,24-/m0/s1. The fourth-order valence-corrected chi connectivity index (χ4v) is 4.80. The average Bonchev–Trinajstić information content (AvgIpc) is 2.89. The molecule has 0 bridgehead atoms. The van der Waals surface area contributed by atoms with E-state index in [0.717, 1.165) is 0 Å². The van der Waals surface area contributed by atoms with Gasteiger partial charge in [0.05, 0.1) is 24.2 Å². The SMILES string of the molecule is C[C@H]1CC(=O)C(C2CCO2)NC(=O)[C@H](C)[C@H](O)[C@H](Cc2cccnc2)NC(=O)[C@H]1NC(=O)c1ncccc1O. The average molecular weight is 540 g/mol. The van der Waals surface area contributed by atoms with Crippen molar-refractivity contribution in [1.82, 2.24) is 25.9 Å². The molecule has 0 spiro atoms. The van der Waals surface area contributed by atoms with E-state index < -0.39 is 59.9 Å². The van der Waals surface area contributed by atoms with Crippen molar-refractivity contribution in [2.45, 2.75) is 63.4 Å². The molecule has 12 heteroatoms. The summed E-state index contributed by atoms with van der Waals surface area (Å²) in [5.74, 6) is -4.43. The fraction of sp³-hybridized carbons (Fsp3) is 0.481. The highest BCUT2D eigenvalue weighted by Gasteiger charge is 2.41. The van der Waals surface area contributed by atoms with Crippen LogP contribution in [0, 0.1) is 11.8 Å². The fourth-order valence-electron chi connectivity index (χ4n) is 4.80. The summed E-state index contributed by atoms with van der Waals surface area (Å²) in [6.07, 6.45) is 3.24. The second-order valence-electron chi connectivity index (χ2n) is 10.1. The number of carbonyl (C=O) groups excluding carboxylic acids is 4. The highest BCUT2D eigenvalue weighted by atomic mass is 16.5. The number of aliphatic hydroxyl groups is 1. The van der Waals surface area contributed by atoms with Crippen molar-refractivity contribution in [2.75, 3.05) is 6.61 Å². The van der Waals surface area contributed by atoms with E-state index in [2.05, 4.69) is 25.9 Å². The van der Waals surface area contributed by atoms with Gasteiger partial charge in [-0.15, -0.1) is 0 Å². The van der Waals surface area contributed by atoms with Crippen molar-refractivity contribution in [1.29, 1.82) is 0 Å². The lowest BCUT2D eigenvalue weighted by atomic mass is 9.86. The lowest BCUT2D eigenvalue weighted by molar-refractivity contribution is -0.143. The summed E-state index contributed by atoms with van der Waals surface area (Å²) < 4.78 is 5.50. The number of ketones is 1. The monoisotopic (exact) mass is 539 g/mol. The molecule has 0 radical (unpaired) electrons. The van der Waals surface area contributed by atoms with E-state index in [1.807, 2.05) is 0 Å². The Morgan fingerprint density at radius 3 is 2.51 bits per heavy atom. The normalized spacial score (nSPS) is 30.1. The van der Waals surface area contributed by atoms with Crippen LogP contribution in [0.4, 0.5) is 0 Å². The number of hydrogen-bond donors (Lipinski definition) is 5. The van der Waals surface area contributed by atoms with Crippen molar-refractivity contribution < 1.29 is 34.1 Å². The van der Waals surface area contributed by atoms with E-state index in [-0.39, 0.29) is 30.1 Å². The van der Waals surface area contributed by atoms with Crippen LogP contribution in [0.5, 0.6) is 5.75 Å². The Hall–Kier alpha value is -3.90. The molecule has 12 nitrogen and oxygen atoms in total. The molecule has 0 aromatic carbocycles. The van der Waals surface area contributed by atoms with Gasteiger partial charge in [0.2, 0.25) is 11.8 Å². The number of rotatable bonds is 5. The molecule has 2 aliphatic rings. The maximum atomic E-state index is 13.6. The number of nitrogens with zero attached hydrogens (tertiary/aromatic N) is 2. The molecule has 39 heavy (non-hydrogen) atoms. The van der Waals surface area contributed by atoms with Gasteiger partial charge >= 0.3 is 0 Å². The van der Waals surface area contributed by atoms with Crippen LogP contribution < -0.4 is 16.0 Å². The second-order valence-corrected chi connectivity index (χ2v) is 10.1. The molecule has 3 amide bonds. The maximum absolute atomic E-state index is 13.6. The van der Waals surface area contributed by atoms with Crippen molar-refractivity contribution in [3.63, 3.8) is 0 Å². The number of pyridine rings is 2. The zero-order chi connectivity index (χ0) is 28.1. The van der Waals surface area contributed by atoms with Crippen LogP contribution in [0.25, 0.3) is 0 Å². The first-order valence-corrected chi connectivity index (χ1v) is 12.9. The summed E-state index contributed by atoms with van der Waals surface area (Å²) in [6, 6.07) is 3.14. The lowest BCUT2D eigenvalue weighted by Crippen LogP contribution is -2.61. The van der Waals surface area contributed by atoms with Crippen LogP contribution >= 0.6 is 0 Å². The van der Waals surface area contributed by atoms with Crippen LogP contribution in [-0.4, -0.2) is 80.6 Å². The zero-order valence-corrected chi connectivity index (χ0v) is 21.7. The zero-order valence-electron chi connectivity index (χ0n) is 21.7. The van der Waals surface area contributed by atoms with Crippen molar-refractivity contribution in [3.8, 4) is 5.75 Å². The van der Waals surface area contributed by atoms with Gasteiger partial charge in [0, 0.05) is 31.6 Å². The Labute approximate surface area is 225 Å². The van der Waals surface area contributed by atoms with E-state index in [4.69, 9.17) is 4.74 Å². The summed E-state index contributed by atoms with van der Waals surface area (Å²) in [6.45, 7) is 3.60. The Kier molecular flexibility index (Phi) is 8.87. The van der Waals surface area contributed by atoms with E-state index in [9.17, 15) is 29.4 Å². The highest BCUT2D eigenvalue weighted by Crippen LogP contribution is 2.23. The second kappa shape index (κ2) is 12.3. The minimum atomic E-state index is -1.34. The van der Waals surface area contributed by atoms with Gasteiger partial charge in [0.25, 0.3) is 5.91 Å². The third kappa shape index (κ3) is 6.58. The third-order valence-electron chi connectivity index (χ3n) is 7.26. The van der Waals surface area contributed by atoms with Crippen LogP contribution in [0.1, 0.15) is 42.7 Å². The molecule has 0 aliphatic carbocycles. The van der Waals surface area contributed by atoms with Crippen LogP contribution in [0.3, 0.4) is 0 Å². The topological polar surface area (TPSA) is 180 Å². The summed E-state index contributed by atoms with van der Waals surface area (Å²) >= 11 is 0. The summed E-state index contributed by atoms with van der Waals surface area (Å²) in [5.41, 5.74) is 0.438. The molecule has 2 unspecified atom stereocenters. The largest absolute Gasteiger partial charge is 0.505 e. The quantitative estimate of drug-likeness (QED) is 0.346. The van der Waals surface area contributed by atoms with Crippen molar-refractivity contribution >= 4 is 23.5 Å². The first-order chi connectivity index (χ1) is 18.7. The number of ether oxygens (including phenoxy) is 1. The molecule has 4 rings (SSSR count). The van der Waals surface area contributed by atoms with Gasteiger partial charge < -0.3 is 30.9 Å². The minimum Gasteiger partial charge on any atom is -0.505 e. The Bertz CT molecular complexity index is 1210. The Balaban J connectivity index is 1.67. The predicted octanol–water partition coefficient (Wildman–Crippen LogP) is -0.112. The molecule has 5 N–H and O–H groups in total. The summed E-state index contributed by atoms with van der Waals surface area (Å²) in [4.78, 5) is 61.1. The third-order valence-corrected chi connectivity index (χ3v) is 7.26. The first-order valence-electron chi connectivity index (χ1n) is 12.9. The summed E-state index contributed by atoms with van der Waals surface area (Å²) in [5, 5.41) is 29.4. The van der Waals surface area contributed by atoms with Crippen molar-refractivity contribution in [2.24, 2.45) is 11.8 Å². The molecule has 2 aromatic heterocycles. The number of Topliss-reactive ketones (excluding diaryl/α,β-unsaturated/α-hetero) is 1. The van der Waals surface area contributed by atoms with Gasteiger partial charge in [-0.3, -0.25) is 24.2 Å². The summed E-state index contributed by atoms with van der Waals surface area (Å²) in [7, 11) is 0. The molecule has 0 saturated carbocycles. The molecular weight excluding hydrogens is 506 g/mol. The first kappa shape index (κ1) is 28.1. The Morgan fingerprint density at radius 1 is 1.13 bits per heavy atom. The van der Waals surface area contributed by atoms with E-state index >= 15 is 0 Å². The number of nitrogens with one attached hydrogen (secondary N) is 3. The van der Waals surface area contributed by atoms with E-state index in [0.29, 0.717) is 18.6 Å². The number of aromatic nitrogens is 2. The van der Waals surface area contributed by atoms with Crippen LogP contribution in [0.2, 0.25) is 0 Å². The molecule has 4 heterocycles. The number of carbonyl (C=O) groups is 4. The maximum Gasteiger partial charge on any atom is 0.274 e. The molecule has 2 saturated heterocycles. The van der Waals surface area contributed by atoms with Gasteiger partial charge in [-0.1, -0.05) is 19.9 Å². The minimum absolute atomic E-state index is 0.151. The van der Waals surface area contributed by atoms with Crippen molar-refractivity contribution in [3.05, 3.63) is 54.1 Å². The number of amides is 3. The predicted molar refractivity (Wildman–Crippen MR) is 137 cm³/mol. The number of hydrogen-bond acceptors (Lipinski definition) is 9. The van der Waals surface area contributed by atoms with Crippen LogP contribution in [0.15, 0.2) is 42.9 Å². The van der Waals surface area contributed by atoms with E-state index in [1.165, 1.54) is 25.3 Å². The molecule has 2 fully saturated rings. The lowest BCUT2D eigenvalue weighted by Gasteiger charge is -2.37. The molecule has 208 valence electrons. The van der Waals surface area contributed by atoms with Gasteiger partial charge in [0.1, 0.15) is 17.8 Å². The number of aliphatic hydroxyl groups excluding tert-OH is 1. The smallest absolute Gasteiger partial charge is 0.274 e. The van der Waals surface area contributed by atoms with Crippen LogP contribution in [-0.2, 0) is 25.5 Å². The molecule has 2 aliphatic heterocycles. The molecule has 2 aromatic rings. The molecule has 7 atom stereocenters. The molecular formula is C27H33N5O7. The van der Waals surface area contributed by atoms with E-state index in [1.54, 1.807) is 31.5 Å². The Morgan fingerprint density at radius 2 is 1.87 bits per heavy atom. The van der Waals surface area contributed by atoms with Gasteiger partial charge in [-0.2, -0.15) is 0 Å². The highest BCUT2D eigenvalue weighted by molar-refractivity contribution is 5.98.